The molecule has 1 atom stereocenters. The van der Waals surface area contributed by atoms with Gasteiger partial charge in [-0.1, -0.05) is 20.3 Å². The van der Waals surface area contributed by atoms with Crippen LogP contribution in [0.1, 0.15) is 44.2 Å². The van der Waals surface area contributed by atoms with Crippen molar-refractivity contribution >= 4 is 15.7 Å². The lowest BCUT2D eigenvalue weighted by atomic mass is 9.88. The van der Waals surface area contributed by atoms with Crippen LogP contribution in [-0.4, -0.2) is 14.5 Å². The maximum atomic E-state index is 12.8. The fourth-order valence-electron chi connectivity index (χ4n) is 3.25. The van der Waals surface area contributed by atoms with Crippen molar-refractivity contribution in [2.75, 3.05) is 5.43 Å². The van der Waals surface area contributed by atoms with Crippen LogP contribution in [0.2, 0.25) is 0 Å². The van der Waals surface area contributed by atoms with E-state index in [4.69, 9.17) is 5.84 Å². The lowest BCUT2D eigenvalue weighted by molar-refractivity contribution is 0.313. The van der Waals surface area contributed by atoms with E-state index in [1.54, 1.807) is 26.0 Å². The molecule has 5 nitrogen and oxygen atoms in total. The Hall–Kier alpha value is -1.11. The van der Waals surface area contributed by atoms with Crippen molar-refractivity contribution in [1.29, 1.82) is 0 Å². The molecule has 1 aromatic carbocycles. The van der Waals surface area contributed by atoms with Crippen molar-refractivity contribution in [3.63, 3.8) is 0 Å². The molecule has 0 aromatic heterocycles. The highest BCUT2D eigenvalue weighted by atomic mass is 32.2. The van der Waals surface area contributed by atoms with Crippen molar-refractivity contribution in [2.24, 2.45) is 11.3 Å². The van der Waals surface area contributed by atoms with Gasteiger partial charge >= 0.3 is 0 Å². The Bertz CT molecular complexity index is 615. The monoisotopic (exact) mass is 311 g/mol. The van der Waals surface area contributed by atoms with Crippen molar-refractivity contribution in [3.8, 4) is 0 Å². The first-order chi connectivity index (χ1) is 9.67. The highest BCUT2D eigenvalue weighted by molar-refractivity contribution is 7.89. The van der Waals surface area contributed by atoms with Crippen LogP contribution in [0.4, 0.5) is 5.69 Å². The summed E-state index contributed by atoms with van der Waals surface area (Å²) in [6.07, 6.45) is 3.01. The van der Waals surface area contributed by atoms with Crippen LogP contribution in [0.3, 0.4) is 0 Å². The van der Waals surface area contributed by atoms with Gasteiger partial charge in [0.05, 0.1) is 4.90 Å². The molecular formula is C15H25N3O2S. The molecule has 0 amide bonds. The van der Waals surface area contributed by atoms with E-state index in [-0.39, 0.29) is 11.5 Å². The first kappa shape index (κ1) is 16.3. The van der Waals surface area contributed by atoms with Crippen LogP contribution < -0.4 is 16.0 Å². The minimum Gasteiger partial charge on any atom is -0.324 e. The van der Waals surface area contributed by atoms with Crippen LogP contribution in [0, 0.1) is 19.3 Å². The molecule has 1 aromatic rings. The van der Waals surface area contributed by atoms with Crippen LogP contribution in [0.5, 0.6) is 0 Å². The summed E-state index contributed by atoms with van der Waals surface area (Å²) in [6, 6.07) is 3.50. The lowest BCUT2D eigenvalue weighted by Gasteiger charge is -2.28. The zero-order valence-corrected chi connectivity index (χ0v) is 14.0. The Morgan fingerprint density at radius 2 is 1.81 bits per heavy atom. The number of benzene rings is 1. The Morgan fingerprint density at radius 3 is 2.24 bits per heavy atom. The van der Waals surface area contributed by atoms with Crippen LogP contribution in [-0.2, 0) is 10.0 Å². The minimum atomic E-state index is -3.52. The Morgan fingerprint density at radius 1 is 1.24 bits per heavy atom. The summed E-state index contributed by atoms with van der Waals surface area (Å²) in [5, 5.41) is 0. The highest BCUT2D eigenvalue weighted by Crippen LogP contribution is 2.38. The third kappa shape index (κ3) is 3.22. The average Bonchev–Trinajstić information content (AvgIpc) is 2.66. The van der Waals surface area contributed by atoms with Crippen LogP contribution >= 0.6 is 0 Å². The molecule has 1 aliphatic rings. The maximum absolute atomic E-state index is 12.8. The standard InChI is InChI=1S/C15H25N3O2S/c1-10-8-12(17-16)9-11(2)14(10)21(19,20)18-13-6-5-7-15(13,3)4/h8-9,13,17-18H,5-7,16H2,1-4H3. The van der Waals surface area contributed by atoms with Crippen molar-refractivity contribution in [3.05, 3.63) is 23.3 Å². The summed E-state index contributed by atoms with van der Waals surface area (Å²) in [4.78, 5) is 0.365. The molecule has 0 aliphatic heterocycles. The number of nitrogens with one attached hydrogen (secondary N) is 2. The van der Waals surface area contributed by atoms with E-state index < -0.39 is 10.0 Å². The quantitative estimate of drug-likeness (QED) is 0.589. The van der Waals surface area contributed by atoms with E-state index in [0.717, 1.165) is 19.3 Å². The van der Waals surface area contributed by atoms with Crippen molar-refractivity contribution in [2.45, 2.75) is 57.9 Å². The van der Waals surface area contributed by atoms with E-state index in [1.165, 1.54) is 0 Å². The molecule has 6 heteroatoms. The molecule has 1 unspecified atom stereocenters. The van der Waals surface area contributed by atoms with Crippen LogP contribution in [0.25, 0.3) is 0 Å². The molecule has 1 aliphatic carbocycles. The van der Waals surface area contributed by atoms with Gasteiger partial charge in [-0.2, -0.15) is 0 Å². The summed E-state index contributed by atoms with van der Waals surface area (Å²) in [5.74, 6) is 5.40. The van der Waals surface area contributed by atoms with E-state index >= 15 is 0 Å². The predicted octanol–water partition coefficient (Wildman–Crippen LogP) is 2.45. The number of sulfonamides is 1. The predicted molar refractivity (Wildman–Crippen MR) is 85.5 cm³/mol. The molecule has 0 spiro atoms. The smallest absolute Gasteiger partial charge is 0.241 e. The lowest BCUT2D eigenvalue weighted by Crippen LogP contribution is -2.41. The summed E-state index contributed by atoms with van der Waals surface area (Å²) in [5.41, 5.74) is 4.68. The topological polar surface area (TPSA) is 84.2 Å². The second-order valence-corrected chi connectivity index (χ2v) is 8.29. The van der Waals surface area contributed by atoms with Gasteiger partial charge in [0.25, 0.3) is 0 Å². The van der Waals surface area contributed by atoms with Crippen molar-refractivity contribution < 1.29 is 8.42 Å². The van der Waals surface area contributed by atoms with Gasteiger partial charge < -0.3 is 5.43 Å². The number of hydrogen-bond donors (Lipinski definition) is 3. The number of hydrazine groups is 1. The first-order valence-electron chi connectivity index (χ1n) is 7.27. The van der Waals surface area contributed by atoms with Crippen LogP contribution in [0.15, 0.2) is 17.0 Å². The summed E-state index contributed by atoms with van der Waals surface area (Å²) in [7, 11) is -3.52. The molecule has 1 saturated carbocycles. The fourth-order valence-corrected chi connectivity index (χ4v) is 5.14. The van der Waals surface area contributed by atoms with E-state index in [0.29, 0.717) is 21.7 Å². The van der Waals surface area contributed by atoms with E-state index in [2.05, 4.69) is 24.0 Å². The second kappa shape index (κ2) is 5.59. The number of nitrogens with two attached hydrogens (primary N) is 1. The molecule has 1 fully saturated rings. The fraction of sp³-hybridized carbons (Fsp3) is 0.600. The zero-order chi connectivity index (χ0) is 15.8. The second-order valence-electron chi connectivity index (χ2n) is 6.64. The number of anilines is 1. The molecule has 2 rings (SSSR count). The van der Waals surface area contributed by atoms with Gasteiger partial charge in [0.15, 0.2) is 0 Å². The first-order valence-corrected chi connectivity index (χ1v) is 8.76. The largest absolute Gasteiger partial charge is 0.324 e. The Labute approximate surface area is 127 Å². The van der Waals surface area contributed by atoms with E-state index in [1.807, 2.05) is 0 Å². The number of nitrogen functional groups attached to an aromatic ring is 1. The molecule has 4 N–H and O–H groups in total. The zero-order valence-electron chi connectivity index (χ0n) is 13.2. The Balaban J connectivity index is 2.36. The van der Waals surface area contributed by atoms with Gasteiger partial charge in [0.1, 0.15) is 0 Å². The van der Waals surface area contributed by atoms with Gasteiger partial charge in [0, 0.05) is 11.7 Å². The highest BCUT2D eigenvalue weighted by Gasteiger charge is 2.37. The summed E-state index contributed by atoms with van der Waals surface area (Å²) < 4.78 is 28.4. The molecule has 0 heterocycles. The summed E-state index contributed by atoms with van der Waals surface area (Å²) >= 11 is 0. The van der Waals surface area contributed by atoms with E-state index in [9.17, 15) is 8.42 Å². The normalized spacial score (nSPS) is 21.5. The molecule has 0 bridgehead atoms. The third-order valence-corrected chi connectivity index (χ3v) is 6.23. The minimum absolute atomic E-state index is 0.00592. The number of rotatable bonds is 4. The SMILES string of the molecule is Cc1cc(NN)cc(C)c1S(=O)(=O)NC1CCCC1(C)C. The van der Waals surface area contributed by atoms with Crippen molar-refractivity contribution in [1.82, 2.24) is 4.72 Å². The van der Waals surface area contributed by atoms with Gasteiger partial charge in [0.2, 0.25) is 10.0 Å². The van der Waals surface area contributed by atoms with Gasteiger partial charge in [-0.15, -0.1) is 0 Å². The molecule has 0 saturated heterocycles. The average molecular weight is 311 g/mol. The molecule has 118 valence electrons. The molecule has 0 radical (unpaired) electrons. The van der Waals surface area contributed by atoms with Gasteiger partial charge in [-0.3, -0.25) is 5.84 Å². The third-order valence-electron chi connectivity index (χ3n) is 4.45. The number of hydrogen-bond acceptors (Lipinski definition) is 4. The summed E-state index contributed by atoms with van der Waals surface area (Å²) in [6.45, 7) is 7.83. The number of aryl methyl sites for hydroxylation is 2. The maximum Gasteiger partial charge on any atom is 0.241 e. The Kier molecular flexibility index (Phi) is 4.33. The van der Waals surface area contributed by atoms with Gasteiger partial charge in [-0.05, 0) is 55.4 Å². The van der Waals surface area contributed by atoms with Gasteiger partial charge in [-0.25, -0.2) is 13.1 Å². The molecular weight excluding hydrogens is 286 g/mol. The molecule has 21 heavy (non-hydrogen) atoms.